The summed E-state index contributed by atoms with van der Waals surface area (Å²) in [7, 11) is 0. The fraction of sp³-hybridized carbons (Fsp3) is 0.350. The molecule has 28 heavy (non-hydrogen) atoms. The lowest BCUT2D eigenvalue weighted by atomic mass is 10.0. The molecule has 1 saturated heterocycles. The van der Waals surface area contributed by atoms with Crippen molar-refractivity contribution in [1.82, 2.24) is 10.2 Å². The molecule has 0 unspecified atom stereocenters. The zero-order chi connectivity index (χ0) is 20.1. The smallest absolute Gasteiger partial charge is 0.258 e. The molecule has 2 aromatic carbocycles. The normalized spacial score (nSPS) is 15.4. The number of hydrogen-bond acceptors (Lipinski definition) is 3. The largest absolute Gasteiger partial charge is 0.482 e. The molecule has 8 heteroatoms. The molecule has 1 aliphatic heterocycles. The SMILES string of the molecule is O=C(COc1cc(Cl)ccc1Cl)NC1CCN(Cc2ccc(F)c(F)c2)CC1. The van der Waals surface area contributed by atoms with Crippen LogP contribution in [-0.2, 0) is 11.3 Å². The molecule has 0 bridgehead atoms. The number of nitrogens with zero attached hydrogens (tertiary/aromatic N) is 1. The van der Waals surface area contributed by atoms with E-state index >= 15 is 0 Å². The number of hydrogen-bond donors (Lipinski definition) is 1. The summed E-state index contributed by atoms with van der Waals surface area (Å²) in [5.74, 6) is -1.54. The predicted molar refractivity (Wildman–Crippen MR) is 105 cm³/mol. The van der Waals surface area contributed by atoms with Crippen molar-refractivity contribution in [3.05, 3.63) is 63.6 Å². The Morgan fingerprint density at radius 2 is 1.86 bits per heavy atom. The number of halogens is 4. The van der Waals surface area contributed by atoms with E-state index in [0.29, 0.717) is 22.3 Å². The van der Waals surface area contributed by atoms with E-state index in [1.54, 1.807) is 24.3 Å². The Hall–Kier alpha value is -1.89. The number of carbonyl (C=O) groups is 1. The molecule has 0 atom stereocenters. The van der Waals surface area contributed by atoms with Crippen molar-refractivity contribution in [2.45, 2.75) is 25.4 Å². The number of carbonyl (C=O) groups excluding carboxylic acids is 1. The van der Waals surface area contributed by atoms with Gasteiger partial charge in [-0.05, 0) is 42.7 Å². The summed E-state index contributed by atoms with van der Waals surface area (Å²) in [6, 6.07) is 8.82. The van der Waals surface area contributed by atoms with Crippen LogP contribution in [0.3, 0.4) is 0 Å². The Bertz CT molecular complexity index is 843. The molecule has 0 radical (unpaired) electrons. The second-order valence-corrected chi connectivity index (χ2v) is 7.57. The maximum absolute atomic E-state index is 13.3. The molecular formula is C20H20Cl2F2N2O2. The monoisotopic (exact) mass is 428 g/mol. The van der Waals surface area contributed by atoms with Crippen LogP contribution < -0.4 is 10.1 Å². The standard InChI is InChI=1S/C20H20Cl2F2N2O2/c21-14-2-3-16(22)19(10-14)28-12-20(27)25-15-5-7-26(8-6-15)11-13-1-4-17(23)18(24)9-13/h1-4,9-10,15H,5-8,11-12H2,(H,25,27). The van der Waals surface area contributed by atoms with Crippen molar-refractivity contribution in [3.63, 3.8) is 0 Å². The zero-order valence-electron chi connectivity index (χ0n) is 15.1. The average molecular weight is 429 g/mol. The van der Waals surface area contributed by atoms with Crippen LogP contribution in [0.25, 0.3) is 0 Å². The molecule has 3 rings (SSSR count). The second-order valence-electron chi connectivity index (χ2n) is 6.73. The quantitative estimate of drug-likeness (QED) is 0.739. The van der Waals surface area contributed by atoms with Gasteiger partial charge in [0, 0.05) is 36.8 Å². The van der Waals surface area contributed by atoms with Crippen molar-refractivity contribution in [2.24, 2.45) is 0 Å². The highest BCUT2D eigenvalue weighted by Gasteiger charge is 2.21. The molecule has 2 aromatic rings. The van der Waals surface area contributed by atoms with Gasteiger partial charge in [-0.15, -0.1) is 0 Å². The summed E-state index contributed by atoms with van der Waals surface area (Å²) in [5.41, 5.74) is 0.730. The molecule has 1 fully saturated rings. The zero-order valence-corrected chi connectivity index (χ0v) is 16.6. The highest BCUT2D eigenvalue weighted by Crippen LogP contribution is 2.27. The molecule has 1 amide bonds. The number of ether oxygens (including phenoxy) is 1. The Balaban J connectivity index is 1.41. The summed E-state index contributed by atoms with van der Waals surface area (Å²) < 4.78 is 31.8. The van der Waals surface area contributed by atoms with Crippen molar-refractivity contribution in [2.75, 3.05) is 19.7 Å². The summed E-state index contributed by atoms with van der Waals surface area (Å²) in [6.45, 7) is 1.92. The van der Waals surface area contributed by atoms with Crippen LogP contribution in [0.2, 0.25) is 10.0 Å². The lowest BCUT2D eigenvalue weighted by molar-refractivity contribution is -0.124. The molecule has 1 heterocycles. The molecule has 0 saturated carbocycles. The van der Waals surface area contributed by atoms with Gasteiger partial charge in [-0.3, -0.25) is 9.69 Å². The Kier molecular flexibility index (Phi) is 7.10. The third-order valence-corrected chi connectivity index (χ3v) is 5.14. The van der Waals surface area contributed by atoms with Crippen LogP contribution >= 0.6 is 23.2 Å². The van der Waals surface area contributed by atoms with E-state index in [1.807, 2.05) is 0 Å². The topological polar surface area (TPSA) is 41.6 Å². The second kappa shape index (κ2) is 9.54. The summed E-state index contributed by atoms with van der Waals surface area (Å²) >= 11 is 11.9. The fourth-order valence-electron chi connectivity index (χ4n) is 3.13. The van der Waals surface area contributed by atoms with Crippen molar-refractivity contribution in [3.8, 4) is 5.75 Å². The number of rotatable bonds is 6. The van der Waals surface area contributed by atoms with Gasteiger partial charge in [-0.25, -0.2) is 8.78 Å². The minimum absolute atomic E-state index is 0.0483. The molecule has 1 aliphatic rings. The van der Waals surface area contributed by atoms with Gasteiger partial charge >= 0.3 is 0 Å². The third kappa shape index (κ3) is 5.80. The highest BCUT2D eigenvalue weighted by atomic mass is 35.5. The van der Waals surface area contributed by atoms with Crippen molar-refractivity contribution >= 4 is 29.1 Å². The van der Waals surface area contributed by atoms with Gasteiger partial charge in [-0.1, -0.05) is 29.3 Å². The third-order valence-electron chi connectivity index (χ3n) is 4.59. The van der Waals surface area contributed by atoms with E-state index in [1.165, 1.54) is 6.07 Å². The van der Waals surface area contributed by atoms with E-state index in [9.17, 15) is 13.6 Å². The molecule has 0 spiro atoms. The molecular weight excluding hydrogens is 409 g/mol. The number of benzene rings is 2. The van der Waals surface area contributed by atoms with Gasteiger partial charge in [0.25, 0.3) is 5.91 Å². The predicted octanol–water partition coefficient (Wildman–Crippen LogP) is 4.43. The van der Waals surface area contributed by atoms with Crippen molar-refractivity contribution < 1.29 is 18.3 Å². The van der Waals surface area contributed by atoms with E-state index in [-0.39, 0.29) is 18.6 Å². The minimum Gasteiger partial charge on any atom is -0.482 e. The van der Waals surface area contributed by atoms with Crippen LogP contribution in [0.4, 0.5) is 8.78 Å². The van der Waals surface area contributed by atoms with Gasteiger partial charge in [0.15, 0.2) is 18.2 Å². The van der Waals surface area contributed by atoms with Crippen LogP contribution in [0.5, 0.6) is 5.75 Å². The molecule has 0 aromatic heterocycles. The average Bonchev–Trinajstić information content (AvgIpc) is 2.67. The maximum Gasteiger partial charge on any atom is 0.258 e. The Labute approximate surface area is 172 Å². The minimum atomic E-state index is -0.841. The first kappa shape index (κ1) is 20.8. The van der Waals surface area contributed by atoms with Gasteiger partial charge in [-0.2, -0.15) is 0 Å². The molecule has 4 nitrogen and oxygen atoms in total. The first-order valence-electron chi connectivity index (χ1n) is 8.94. The Morgan fingerprint density at radius 1 is 1.11 bits per heavy atom. The van der Waals surface area contributed by atoms with Gasteiger partial charge < -0.3 is 10.1 Å². The van der Waals surface area contributed by atoms with Gasteiger partial charge in [0.2, 0.25) is 0 Å². The fourth-order valence-corrected chi connectivity index (χ4v) is 3.47. The number of piperidine rings is 1. The maximum atomic E-state index is 13.3. The van der Waals surface area contributed by atoms with Gasteiger partial charge in [0.1, 0.15) is 5.75 Å². The van der Waals surface area contributed by atoms with E-state index in [2.05, 4.69) is 10.2 Å². The van der Waals surface area contributed by atoms with Crippen LogP contribution in [0.1, 0.15) is 18.4 Å². The van der Waals surface area contributed by atoms with E-state index < -0.39 is 11.6 Å². The molecule has 1 N–H and O–H groups in total. The van der Waals surface area contributed by atoms with Crippen LogP contribution in [0, 0.1) is 11.6 Å². The number of likely N-dealkylation sites (tertiary alicyclic amines) is 1. The molecule has 0 aliphatic carbocycles. The number of nitrogens with one attached hydrogen (secondary N) is 1. The van der Waals surface area contributed by atoms with E-state index in [4.69, 9.17) is 27.9 Å². The van der Waals surface area contributed by atoms with Crippen LogP contribution in [-0.4, -0.2) is 36.5 Å². The van der Waals surface area contributed by atoms with E-state index in [0.717, 1.165) is 37.6 Å². The van der Waals surface area contributed by atoms with Crippen molar-refractivity contribution in [1.29, 1.82) is 0 Å². The lowest BCUT2D eigenvalue weighted by Gasteiger charge is -2.32. The summed E-state index contributed by atoms with van der Waals surface area (Å²) in [4.78, 5) is 14.3. The molecule has 150 valence electrons. The highest BCUT2D eigenvalue weighted by molar-refractivity contribution is 6.34. The summed E-state index contributed by atoms with van der Waals surface area (Å²) in [5, 5.41) is 3.82. The first-order valence-corrected chi connectivity index (χ1v) is 9.70. The first-order chi connectivity index (χ1) is 13.4. The lowest BCUT2D eigenvalue weighted by Crippen LogP contribution is -2.45. The Morgan fingerprint density at radius 3 is 2.57 bits per heavy atom. The van der Waals surface area contributed by atoms with Crippen LogP contribution in [0.15, 0.2) is 36.4 Å². The number of amides is 1. The van der Waals surface area contributed by atoms with Gasteiger partial charge in [0.05, 0.1) is 5.02 Å². The summed E-state index contributed by atoms with van der Waals surface area (Å²) in [6.07, 6.45) is 1.54.